The van der Waals surface area contributed by atoms with Crippen molar-refractivity contribution in [1.29, 1.82) is 0 Å². The van der Waals surface area contributed by atoms with Gasteiger partial charge in [-0.1, -0.05) is 5.16 Å². The highest BCUT2D eigenvalue weighted by atomic mass is 16.6. The number of hydrogen-bond acceptors (Lipinski definition) is 5. The van der Waals surface area contributed by atoms with E-state index in [1.807, 2.05) is 28.6 Å². The minimum absolute atomic E-state index is 0.243. The molecule has 104 valence electrons. The Labute approximate surface area is 113 Å². The predicted molar refractivity (Wildman–Crippen MR) is 72.3 cm³/mol. The molecule has 0 aromatic carbocycles. The Kier molecular flexibility index (Phi) is 3.82. The van der Waals surface area contributed by atoms with Gasteiger partial charge in [0.1, 0.15) is 11.3 Å². The molecule has 1 aromatic heterocycles. The van der Waals surface area contributed by atoms with Crippen LogP contribution in [0.4, 0.5) is 4.79 Å². The Balaban J connectivity index is 1.87. The van der Waals surface area contributed by atoms with Crippen molar-refractivity contribution in [2.45, 2.75) is 45.1 Å². The lowest BCUT2D eigenvalue weighted by molar-refractivity contribution is 0.0198. The number of hydrogen-bond donors (Lipinski definition) is 0. The number of carbonyl (C=O) groups is 1. The predicted octanol–water partition coefficient (Wildman–Crippen LogP) is 0.442. The van der Waals surface area contributed by atoms with Gasteiger partial charge in [0.25, 0.3) is 0 Å². The molecule has 19 heavy (non-hydrogen) atoms. The Morgan fingerprint density at radius 2 is 2.05 bits per heavy atom. The fraction of sp³-hybridized carbons (Fsp3) is 0.750. The van der Waals surface area contributed by atoms with Crippen LogP contribution in [0.15, 0.2) is 4.52 Å². The zero-order valence-corrected chi connectivity index (χ0v) is 12.0. The smallest absolute Gasteiger partial charge is 0.410 e. The molecular weight excluding hydrogens is 245 g/mol. The molecule has 1 aromatic rings. The van der Waals surface area contributed by atoms with Gasteiger partial charge in [-0.2, -0.15) is 0 Å². The minimum Gasteiger partial charge on any atom is -0.444 e. The zero-order valence-electron chi connectivity index (χ0n) is 12.0. The van der Waals surface area contributed by atoms with E-state index < -0.39 is 5.60 Å². The average Bonchev–Trinajstić information content (AvgIpc) is 2.74. The summed E-state index contributed by atoms with van der Waals surface area (Å²) in [5, 5.41) is 3.80. The van der Waals surface area contributed by atoms with E-state index in [2.05, 4.69) is 10.1 Å². The Morgan fingerprint density at radius 3 is 2.53 bits per heavy atom. The summed E-state index contributed by atoms with van der Waals surface area (Å²) >= 11 is 0. The lowest BCUT2D eigenvalue weighted by Gasteiger charge is -2.32. The summed E-state index contributed by atoms with van der Waals surface area (Å²) < 4.78 is 10.5. The highest BCUT2D eigenvalue weighted by molar-refractivity contribution is 6.28. The second-order valence-electron chi connectivity index (χ2n) is 5.92. The molecule has 1 amide bonds. The van der Waals surface area contributed by atoms with Gasteiger partial charge in [-0.25, -0.2) is 9.78 Å². The van der Waals surface area contributed by atoms with Crippen molar-refractivity contribution in [3.05, 3.63) is 5.89 Å². The highest BCUT2D eigenvalue weighted by Gasteiger charge is 2.29. The average molecular weight is 265 g/mol. The van der Waals surface area contributed by atoms with Crippen LogP contribution in [-0.4, -0.2) is 47.7 Å². The molecule has 0 N–H and O–H groups in total. The Hall–Kier alpha value is -1.53. The topological polar surface area (TPSA) is 68.5 Å². The summed E-state index contributed by atoms with van der Waals surface area (Å²) in [7, 11) is 1.81. The number of ether oxygens (including phenoxy) is 1. The van der Waals surface area contributed by atoms with Crippen LogP contribution in [0.3, 0.4) is 0 Å². The lowest BCUT2D eigenvalue weighted by atomic mass is 9.97. The molecule has 1 aliphatic rings. The molecule has 0 atom stereocenters. The van der Waals surface area contributed by atoms with Crippen LogP contribution in [0.25, 0.3) is 0 Å². The van der Waals surface area contributed by atoms with Crippen LogP contribution in [0.2, 0.25) is 0 Å². The van der Waals surface area contributed by atoms with Gasteiger partial charge in [0.2, 0.25) is 5.89 Å². The van der Waals surface area contributed by atoms with Crippen LogP contribution in [0, 0.1) is 0 Å². The standard InChI is InChI=1S/C12H20BN3O3/c1-12(2,3)18-11(17)16-6-4-8(5-7-16)9-14-10(13)15-19-9/h8H,4-7,13H2,1-3H3. The molecule has 1 saturated heterocycles. The third kappa shape index (κ3) is 3.72. The van der Waals surface area contributed by atoms with Gasteiger partial charge in [-0.15, -0.1) is 0 Å². The van der Waals surface area contributed by atoms with E-state index in [9.17, 15) is 4.79 Å². The third-order valence-corrected chi connectivity index (χ3v) is 3.04. The van der Waals surface area contributed by atoms with E-state index in [1.165, 1.54) is 0 Å². The molecule has 0 spiro atoms. The van der Waals surface area contributed by atoms with Crippen molar-refractivity contribution in [2.24, 2.45) is 0 Å². The molecule has 6 nitrogen and oxygen atoms in total. The number of carbonyl (C=O) groups excluding carboxylic acids is 1. The summed E-state index contributed by atoms with van der Waals surface area (Å²) in [5.41, 5.74) is 0.210. The van der Waals surface area contributed by atoms with E-state index in [1.54, 1.807) is 4.90 Å². The maximum Gasteiger partial charge on any atom is 0.410 e. The van der Waals surface area contributed by atoms with Gasteiger partial charge in [0.15, 0.2) is 7.85 Å². The maximum absolute atomic E-state index is 11.9. The third-order valence-electron chi connectivity index (χ3n) is 3.04. The van der Waals surface area contributed by atoms with Crippen molar-refractivity contribution in [1.82, 2.24) is 15.0 Å². The second kappa shape index (κ2) is 5.23. The van der Waals surface area contributed by atoms with Crippen molar-refractivity contribution in [2.75, 3.05) is 13.1 Å². The zero-order chi connectivity index (χ0) is 14.0. The molecule has 2 rings (SSSR count). The Bertz CT molecular complexity index is 447. The summed E-state index contributed by atoms with van der Waals surface area (Å²) in [5.74, 6) is 0.932. The number of amides is 1. The molecule has 1 fully saturated rings. The fourth-order valence-corrected chi connectivity index (χ4v) is 2.11. The molecule has 7 heteroatoms. The molecule has 0 unspecified atom stereocenters. The molecule has 0 radical (unpaired) electrons. The van der Waals surface area contributed by atoms with Crippen molar-refractivity contribution < 1.29 is 14.1 Å². The van der Waals surface area contributed by atoms with Gasteiger partial charge in [0.05, 0.1) is 0 Å². The van der Waals surface area contributed by atoms with Crippen LogP contribution < -0.4 is 5.72 Å². The number of aromatic nitrogens is 2. The summed E-state index contributed by atoms with van der Waals surface area (Å²) in [6, 6.07) is 0. The molecule has 0 saturated carbocycles. The molecule has 2 heterocycles. The van der Waals surface area contributed by atoms with Crippen LogP contribution in [-0.2, 0) is 4.74 Å². The number of likely N-dealkylation sites (tertiary alicyclic amines) is 1. The Morgan fingerprint density at radius 1 is 1.42 bits per heavy atom. The number of rotatable bonds is 1. The van der Waals surface area contributed by atoms with Gasteiger partial charge < -0.3 is 14.2 Å². The summed E-state index contributed by atoms with van der Waals surface area (Å²) in [4.78, 5) is 17.9. The quantitative estimate of drug-likeness (QED) is 0.689. The largest absolute Gasteiger partial charge is 0.444 e. The normalized spacial score (nSPS) is 17.5. The van der Waals surface area contributed by atoms with E-state index >= 15 is 0 Å². The summed E-state index contributed by atoms with van der Waals surface area (Å²) in [6.07, 6.45) is 1.43. The first-order chi connectivity index (χ1) is 8.85. The van der Waals surface area contributed by atoms with Gasteiger partial charge in [0, 0.05) is 19.0 Å². The van der Waals surface area contributed by atoms with Crippen molar-refractivity contribution in [3.8, 4) is 0 Å². The summed E-state index contributed by atoms with van der Waals surface area (Å²) in [6.45, 7) is 6.96. The van der Waals surface area contributed by atoms with E-state index in [4.69, 9.17) is 9.26 Å². The van der Waals surface area contributed by atoms with Crippen molar-refractivity contribution >= 4 is 19.7 Å². The van der Waals surface area contributed by atoms with Gasteiger partial charge in [-0.3, -0.25) is 0 Å². The van der Waals surface area contributed by atoms with E-state index in [-0.39, 0.29) is 12.0 Å². The highest BCUT2D eigenvalue weighted by Crippen LogP contribution is 2.26. The van der Waals surface area contributed by atoms with Crippen LogP contribution in [0.5, 0.6) is 0 Å². The second-order valence-corrected chi connectivity index (χ2v) is 5.92. The SMILES string of the molecule is Bc1noc(C2CCN(C(=O)OC(C)(C)C)CC2)n1. The van der Waals surface area contributed by atoms with Gasteiger partial charge in [-0.05, 0) is 33.6 Å². The molecule has 1 aliphatic heterocycles. The number of piperidine rings is 1. The first-order valence-electron chi connectivity index (χ1n) is 6.63. The van der Waals surface area contributed by atoms with E-state index in [0.29, 0.717) is 24.7 Å². The molecular formula is C12H20BN3O3. The lowest BCUT2D eigenvalue weighted by Crippen LogP contribution is -2.41. The van der Waals surface area contributed by atoms with E-state index in [0.717, 1.165) is 12.8 Å². The number of nitrogens with zero attached hydrogens (tertiary/aromatic N) is 3. The van der Waals surface area contributed by atoms with Crippen molar-refractivity contribution in [3.63, 3.8) is 0 Å². The maximum atomic E-state index is 11.9. The minimum atomic E-state index is -0.447. The molecule has 0 bridgehead atoms. The van der Waals surface area contributed by atoms with Crippen LogP contribution in [0.1, 0.15) is 45.4 Å². The first-order valence-corrected chi connectivity index (χ1v) is 6.63. The first kappa shape index (κ1) is 13.9. The fourth-order valence-electron chi connectivity index (χ4n) is 2.11. The molecule has 0 aliphatic carbocycles. The monoisotopic (exact) mass is 265 g/mol. The van der Waals surface area contributed by atoms with Crippen LogP contribution >= 0.6 is 0 Å². The van der Waals surface area contributed by atoms with Gasteiger partial charge >= 0.3 is 6.09 Å².